The van der Waals surface area contributed by atoms with E-state index < -0.39 is 0 Å². The monoisotopic (exact) mass is 314 g/mol. The van der Waals surface area contributed by atoms with Crippen molar-refractivity contribution in [1.82, 2.24) is 20.2 Å². The van der Waals surface area contributed by atoms with Gasteiger partial charge in [0.1, 0.15) is 0 Å². The molecule has 6 heteroatoms. The molecule has 0 aliphatic carbocycles. The lowest BCUT2D eigenvalue weighted by atomic mass is 10.3. The molecule has 0 unspecified atom stereocenters. The van der Waals surface area contributed by atoms with Crippen LogP contribution in [0.2, 0.25) is 0 Å². The molecule has 3 aromatic rings. The lowest BCUT2D eigenvalue weighted by molar-refractivity contribution is 0.756. The molecule has 0 radical (unpaired) electrons. The van der Waals surface area contributed by atoms with Gasteiger partial charge < -0.3 is 0 Å². The summed E-state index contributed by atoms with van der Waals surface area (Å²) in [5.74, 6) is 1.99. The van der Waals surface area contributed by atoms with Crippen molar-refractivity contribution < 1.29 is 0 Å². The molecule has 21 heavy (non-hydrogen) atoms. The summed E-state index contributed by atoms with van der Waals surface area (Å²) in [4.78, 5) is 1.29. The Hall–Kier alpha value is -1.79. The fraction of sp³-hybridized carbons (Fsp3) is 0.133. The minimum absolute atomic E-state index is 0.829. The average Bonchev–Trinajstić information content (AvgIpc) is 3.02. The molecule has 0 N–H and O–H groups in total. The van der Waals surface area contributed by atoms with E-state index in [0.29, 0.717) is 0 Å². The van der Waals surface area contributed by atoms with Gasteiger partial charge in [-0.05, 0) is 34.7 Å². The normalized spacial score (nSPS) is 10.7. The maximum Gasteiger partial charge on any atom is 0.214 e. The minimum Gasteiger partial charge on any atom is -0.188 e. The zero-order valence-electron chi connectivity index (χ0n) is 11.3. The summed E-state index contributed by atoms with van der Waals surface area (Å²) in [6.07, 6.45) is 0. The number of hydrogen-bond acceptors (Lipinski definition) is 5. The molecular weight excluding hydrogens is 300 g/mol. The zero-order valence-corrected chi connectivity index (χ0v) is 12.9. The third kappa shape index (κ3) is 3.86. The van der Waals surface area contributed by atoms with E-state index in [4.69, 9.17) is 0 Å². The van der Waals surface area contributed by atoms with E-state index in [9.17, 15) is 0 Å². The molecule has 0 amide bonds. The van der Waals surface area contributed by atoms with Crippen LogP contribution < -0.4 is 0 Å². The largest absolute Gasteiger partial charge is 0.214 e. The van der Waals surface area contributed by atoms with Gasteiger partial charge in [0.25, 0.3) is 0 Å². The molecular formula is C15H14N4S2. The van der Waals surface area contributed by atoms with Crippen molar-refractivity contribution in [3.63, 3.8) is 0 Å². The molecule has 0 fully saturated rings. The molecule has 0 atom stereocenters. The van der Waals surface area contributed by atoms with Crippen molar-refractivity contribution in [2.24, 2.45) is 0 Å². The average molecular weight is 314 g/mol. The fourth-order valence-corrected chi connectivity index (χ4v) is 3.60. The third-order valence-corrected chi connectivity index (χ3v) is 4.96. The van der Waals surface area contributed by atoms with Crippen LogP contribution in [0.25, 0.3) is 5.69 Å². The standard InChI is InChI=1S/C15H14N4S2/c1-3-7-13(8-4-1)19-15(16-17-18-19)21-12-11-20-14-9-5-2-6-10-14/h1-10H,11-12H2. The highest BCUT2D eigenvalue weighted by molar-refractivity contribution is 8.02. The SMILES string of the molecule is c1ccc(SCCSc2nnnn2-c2ccccc2)cc1. The van der Waals surface area contributed by atoms with Gasteiger partial charge in [-0.15, -0.1) is 16.9 Å². The highest BCUT2D eigenvalue weighted by Gasteiger charge is 2.08. The van der Waals surface area contributed by atoms with Gasteiger partial charge in [0, 0.05) is 16.4 Å². The topological polar surface area (TPSA) is 43.6 Å². The molecule has 4 nitrogen and oxygen atoms in total. The highest BCUT2D eigenvalue weighted by atomic mass is 32.2. The number of para-hydroxylation sites is 1. The summed E-state index contributed by atoms with van der Waals surface area (Å²) in [6, 6.07) is 20.4. The number of aromatic nitrogens is 4. The van der Waals surface area contributed by atoms with Crippen LogP contribution in [0.15, 0.2) is 70.7 Å². The van der Waals surface area contributed by atoms with E-state index in [-0.39, 0.29) is 0 Å². The molecule has 1 heterocycles. The second kappa shape index (κ2) is 7.28. The molecule has 3 rings (SSSR count). The lowest BCUT2D eigenvalue weighted by Gasteiger charge is -2.04. The molecule has 0 saturated heterocycles. The Labute approximate surface area is 132 Å². The van der Waals surface area contributed by atoms with Crippen molar-refractivity contribution in [3.05, 3.63) is 60.7 Å². The van der Waals surface area contributed by atoms with E-state index in [1.165, 1.54) is 4.90 Å². The maximum atomic E-state index is 4.09. The zero-order chi connectivity index (χ0) is 14.3. The minimum atomic E-state index is 0.829. The van der Waals surface area contributed by atoms with Gasteiger partial charge in [0.15, 0.2) is 0 Å². The van der Waals surface area contributed by atoms with Crippen molar-refractivity contribution in [2.45, 2.75) is 10.1 Å². The van der Waals surface area contributed by atoms with Crippen LogP contribution >= 0.6 is 23.5 Å². The van der Waals surface area contributed by atoms with Gasteiger partial charge in [-0.25, -0.2) is 0 Å². The van der Waals surface area contributed by atoms with Gasteiger partial charge in [0.05, 0.1) is 5.69 Å². The summed E-state index contributed by atoms with van der Waals surface area (Å²) in [5, 5.41) is 12.7. The van der Waals surface area contributed by atoms with E-state index in [0.717, 1.165) is 22.3 Å². The molecule has 0 spiro atoms. The third-order valence-electron chi connectivity index (χ3n) is 2.77. The summed E-state index contributed by atoms with van der Waals surface area (Å²) in [5.41, 5.74) is 0.987. The number of tetrazole rings is 1. The van der Waals surface area contributed by atoms with E-state index >= 15 is 0 Å². The van der Waals surface area contributed by atoms with Crippen LogP contribution in [-0.2, 0) is 0 Å². The summed E-state index contributed by atoms with van der Waals surface area (Å²) < 4.78 is 1.78. The van der Waals surface area contributed by atoms with Crippen LogP contribution in [0.4, 0.5) is 0 Å². The van der Waals surface area contributed by atoms with Crippen LogP contribution in [-0.4, -0.2) is 31.7 Å². The second-order valence-corrected chi connectivity index (χ2v) is 6.45. The first-order valence-electron chi connectivity index (χ1n) is 6.58. The Balaban J connectivity index is 1.56. The first kappa shape index (κ1) is 14.2. The predicted octanol–water partition coefficient (Wildman–Crippen LogP) is 3.55. The van der Waals surface area contributed by atoms with Crippen LogP contribution in [0.1, 0.15) is 0 Å². The Morgan fingerprint density at radius 2 is 1.48 bits per heavy atom. The number of hydrogen-bond donors (Lipinski definition) is 0. The molecule has 0 bridgehead atoms. The van der Waals surface area contributed by atoms with Crippen LogP contribution in [0.5, 0.6) is 0 Å². The van der Waals surface area contributed by atoms with Crippen LogP contribution in [0, 0.1) is 0 Å². The summed E-state index contributed by atoms with van der Waals surface area (Å²) in [7, 11) is 0. The van der Waals surface area contributed by atoms with Gasteiger partial charge in [-0.2, -0.15) is 4.68 Å². The molecule has 1 aromatic heterocycles. The fourth-order valence-electron chi connectivity index (χ4n) is 1.81. The first-order valence-corrected chi connectivity index (χ1v) is 8.55. The predicted molar refractivity (Wildman–Crippen MR) is 87.0 cm³/mol. The van der Waals surface area contributed by atoms with Crippen molar-refractivity contribution >= 4 is 23.5 Å². The number of nitrogens with zero attached hydrogens (tertiary/aromatic N) is 4. The Morgan fingerprint density at radius 1 is 0.810 bits per heavy atom. The van der Waals surface area contributed by atoms with Crippen molar-refractivity contribution in [1.29, 1.82) is 0 Å². The number of rotatable bonds is 6. The maximum absolute atomic E-state index is 4.09. The molecule has 0 aliphatic rings. The Morgan fingerprint density at radius 3 is 2.24 bits per heavy atom. The summed E-state index contributed by atoms with van der Waals surface area (Å²) >= 11 is 3.52. The van der Waals surface area contributed by atoms with E-state index in [2.05, 4.69) is 39.8 Å². The Kier molecular flexibility index (Phi) is 4.91. The van der Waals surface area contributed by atoms with Crippen molar-refractivity contribution in [3.8, 4) is 5.69 Å². The molecule has 106 valence electrons. The molecule has 0 aliphatic heterocycles. The molecule has 2 aromatic carbocycles. The smallest absolute Gasteiger partial charge is 0.188 e. The number of benzene rings is 2. The van der Waals surface area contributed by atoms with Gasteiger partial charge >= 0.3 is 0 Å². The Bertz CT molecular complexity index is 670. The highest BCUT2D eigenvalue weighted by Crippen LogP contribution is 2.22. The van der Waals surface area contributed by atoms with Crippen LogP contribution in [0.3, 0.4) is 0 Å². The van der Waals surface area contributed by atoms with Gasteiger partial charge in [-0.3, -0.25) is 0 Å². The first-order chi connectivity index (χ1) is 10.4. The number of thioether (sulfide) groups is 2. The second-order valence-electron chi connectivity index (χ2n) is 4.22. The lowest BCUT2D eigenvalue weighted by Crippen LogP contribution is -1.99. The molecule has 0 saturated carbocycles. The van der Waals surface area contributed by atoms with E-state index in [1.807, 2.05) is 48.2 Å². The van der Waals surface area contributed by atoms with E-state index in [1.54, 1.807) is 16.4 Å². The van der Waals surface area contributed by atoms with Gasteiger partial charge in [-0.1, -0.05) is 48.2 Å². The van der Waals surface area contributed by atoms with Gasteiger partial charge in [0.2, 0.25) is 5.16 Å². The summed E-state index contributed by atoms with van der Waals surface area (Å²) in [6.45, 7) is 0. The quantitative estimate of drug-likeness (QED) is 0.514. The van der Waals surface area contributed by atoms with Crippen molar-refractivity contribution in [2.75, 3.05) is 11.5 Å².